The van der Waals surface area contributed by atoms with E-state index < -0.39 is 11.2 Å². The van der Waals surface area contributed by atoms with Gasteiger partial charge in [-0.15, -0.1) is 5.10 Å². The molecule has 0 amide bonds. The van der Waals surface area contributed by atoms with Crippen molar-refractivity contribution in [3.63, 3.8) is 0 Å². The summed E-state index contributed by atoms with van der Waals surface area (Å²) in [6.45, 7) is 2.91. The van der Waals surface area contributed by atoms with Crippen LogP contribution >= 0.6 is 11.6 Å². The summed E-state index contributed by atoms with van der Waals surface area (Å²) < 4.78 is 2.90. The van der Waals surface area contributed by atoms with Crippen molar-refractivity contribution in [2.75, 3.05) is 0 Å². The normalized spacial score (nSPS) is 10.8. The van der Waals surface area contributed by atoms with Crippen molar-refractivity contribution in [1.82, 2.24) is 29.8 Å². The molecule has 0 saturated carbocycles. The van der Waals surface area contributed by atoms with Crippen LogP contribution in [-0.4, -0.2) is 29.8 Å². The van der Waals surface area contributed by atoms with E-state index in [0.717, 1.165) is 12.8 Å². The van der Waals surface area contributed by atoms with Gasteiger partial charge in [-0.2, -0.15) is 0 Å². The number of nitrogens with one attached hydrogen (secondary N) is 1. The van der Waals surface area contributed by atoms with E-state index in [0.29, 0.717) is 12.4 Å². The van der Waals surface area contributed by atoms with Crippen LogP contribution in [0.25, 0.3) is 0 Å². The monoisotopic (exact) mass is 284 g/mol. The van der Waals surface area contributed by atoms with Gasteiger partial charge in [0.05, 0.1) is 6.54 Å². The van der Waals surface area contributed by atoms with Crippen molar-refractivity contribution < 1.29 is 0 Å². The lowest BCUT2D eigenvalue weighted by Crippen LogP contribution is -2.30. The van der Waals surface area contributed by atoms with E-state index in [1.54, 1.807) is 4.68 Å². The van der Waals surface area contributed by atoms with Gasteiger partial charge in [0, 0.05) is 12.7 Å². The van der Waals surface area contributed by atoms with Gasteiger partial charge in [0.1, 0.15) is 5.02 Å². The van der Waals surface area contributed by atoms with Crippen molar-refractivity contribution in [1.29, 1.82) is 0 Å². The highest BCUT2D eigenvalue weighted by atomic mass is 35.5. The lowest BCUT2D eigenvalue weighted by molar-refractivity contribution is 0.519. The Bertz CT molecular complexity index is 673. The third kappa shape index (κ3) is 3.08. The van der Waals surface area contributed by atoms with Crippen LogP contribution in [0, 0.1) is 0 Å². The lowest BCUT2D eigenvalue weighted by atomic mass is 10.3. The van der Waals surface area contributed by atoms with Crippen molar-refractivity contribution >= 4 is 11.6 Å². The molecule has 0 aliphatic carbocycles. The molecule has 0 aliphatic heterocycles. The quantitative estimate of drug-likeness (QED) is 0.835. The van der Waals surface area contributed by atoms with Crippen LogP contribution in [0.5, 0.6) is 0 Å². The first kappa shape index (κ1) is 13.5. The minimum Gasteiger partial charge on any atom is -0.291 e. The zero-order valence-corrected chi connectivity index (χ0v) is 11.1. The lowest BCUT2D eigenvalue weighted by Gasteiger charge is -2.06. The Balaban J connectivity index is 2.27. The van der Waals surface area contributed by atoms with Crippen LogP contribution < -0.4 is 11.2 Å². The first-order valence-electron chi connectivity index (χ1n) is 5.86. The topological polar surface area (TPSA) is 98.5 Å². The summed E-state index contributed by atoms with van der Waals surface area (Å²) in [7, 11) is 0. The molecule has 9 heteroatoms. The van der Waals surface area contributed by atoms with Crippen LogP contribution in [0.4, 0.5) is 0 Å². The number of halogens is 1. The van der Waals surface area contributed by atoms with Crippen LogP contribution in [0.15, 0.2) is 15.8 Å². The van der Waals surface area contributed by atoms with Crippen molar-refractivity contribution in [3.05, 3.63) is 37.9 Å². The molecule has 0 atom stereocenters. The van der Waals surface area contributed by atoms with Crippen LogP contribution in [0.3, 0.4) is 0 Å². The summed E-state index contributed by atoms with van der Waals surface area (Å²) in [6, 6.07) is 0. The predicted molar refractivity (Wildman–Crippen MR) is 68.2 cm³/mol. The van der Waals surface area contributed by atoms with Gasteiger partial charge in [0.15, 0.2) is 5.82 Å². The SMILES string of the molecule is CCCCn1nnnc1Cn1cc(Cl)c(=O)[nH]c1=O. The minimum absolute atomic E-state index is 0.0489. The maximum atomic E-state index is 11.6. The van der Waals surface area contributed by atoms with Crippen LogP contribution in [-0.2, 0) is 13.1 Å². The Kier molecular flexibility index (Phi) is 4.10. The minimum atomic E-state index is -0.603. The highest BCUT2D eigenvalue weighted by Gasteiger charge is 2.09. The molecule has 19 heavy (non-hydrogen) atoms. The van der Waals surface area contributed by atoms with Gasteiger partial charge in [-0.25, -0.2) is 9.48 Å². The zero-order chi connectivity index (χ0) is 13.8. The fourth-order valence-corrected chi connectivity index (χ4v) is 1.74. The smallest absolute Gasteiger partial charge is 0.291 e. The second-order valence-corrected chi connectivity index (χ2v) is 4.44. The standard InChI is InChI=1S/C10H13ClN6O2/c1-2-3-4-17-8(13-14-15-17)6-16-5-7(11)9(18)12-10(16)19/h5H,2-4,6H2,1H3,(H,12,18,19). The predicted octanol–water partition coefficient (Wildman–Crippen LogP) is 0.0249. The summed E-state index contributed by atoms with van der Waals surface area (Å²) in [5.74, 6) is 0.540. The molecule has 2 rings (SSSR count). The average Bonchev–Trinajstić information content (AvgIpc) is 2.81. The van der Waals surface area contributed by atoms with Crippen LogP contribution in [0.1, 0.15) is 25.6 Å². The second kappa shape index (κ2) is 5.79. The summed E-state index contributed by atoms with van der Waals surface area (Å²) in [5, 5.41) is 11.3. The summed E-state index contributed by atoms with van der Waals surface area (Å²) in [6.07, 6.45) is 3.24. The van der Waals surface area contributed by atoms with E-state index >= 15 is 0 Å². The van der Waals surface area contributed by atoms with Crippen LogP contribution in [0.2, 0.25) is 5.02 Å². The van der Waals surface area contributed by atoms with Gasteiger partial charge in [-0.05, 0) is 16.8 Å². The van der Waals surface area contributed by atoms with Gasteiger partial charge in [-0.1, -0.05) is 24.9 Å². The number of H-pyrrole nitrogens is 1. The van der Waals surface area contributed by atoms with Gasteiger partial charge >= 0.3 is 5.69 Å². The fraction of sp³-hybridized carbons (Fsp3) is 0.500. The number of rotatable bonds is 5. The van der Waals surface area contributed by atoms with E-state index in [1.165, 1.54) is 10.8 Å². The highest BCUT2D eigenvalue weighted by Crippen LogP contribution is 2.01. The van der Waals surface area contributed by atoms with E-state index in [-0.39, 0.29) is 11.6 Å². The summed E-state index contributed by atoms with van der Waals surface area (Å²) >= 11 is 5.69. The maximum Gasteiger partial charge on any atom is 0.328 e. The number of aryl methyl sites for hydroxylation is 1. The second-order valence-electron chi connectivity index (χ2n) is 4.04. The molecule has 0 saturated heterocycles. The molecule has 0 aliphatic rings. The fourth-order valence-electron chi connectivity index (χ4n) is 1.57. The largest absolute Gasteiger partial charge is 0.328 e. The molecule has 2 heterocycles. The van der Waals surface area contributed by atoms with Gasteiger partial charge in [-0.3, -0.25) is 14.3 Å². The number of tetrazole rings is 1. The van der Waals surface area contributed by atoms with Gasteiger partial charge in [0.2, 0.25) is 0 Å². The molecular weight excluding hydrogens is 272 g/mol. The molecule has 0 aromatic carbocycles. The molecule has 2 aromatic heterocycles. The Morgan fingerprint density at radius 2 is 2.21 bits per heavy atom. The Morgan fingerprint density at radius 3 is 2.95 bits per heavy atom. The van der Waals surface area contributed by atoms with Crippen molar-refractivity contribution in [2.24, 2.45) is 0 Å². The van der Waals surface area contributed by atoms with E-state index in [1.807, 2.05) is 0 Å². The van der Waals surface area contributed by atoms with Gasteiger partial charge in [0.25, 0.3) is 5.56 Å². The first-order valence-corrected chi connectivity index (χ1v) is 6.24. The number of aromatic amines is 1. The zero-order valence-electron chi connectivity index (χ0n) is 10.3. The average molecular weight is 285 g/mol. The third-order valence-electron chi connectivity index (χ3n) is 2.61. The molecule has 0 fully saturated rings. The number of unbranched alkanes of at least 4 members (excludes halogenated alkanes) is 1. The molecule has 2 aromatic rings. The Morgan fingerprint density at radius 1 is 1.42 bits per heavy atom. The Labute approximate surface area is 113 Å². The van der Waals surface area contributed by atoms with Gasteiger partial charge < -0.3 is 0 Å². The molecule has 1 N–H and O–H groups in total. The highest BCUT2D eigenvalue weighted by molar-refractivity contribution is 6.30. The molecule has 0 radical (unpaired) electrons. The number of hydrogen-bond donors (Lipinski definition) is 1. The Hall–Kier alpha value is -1.96. The first-order chi connectivity index (χ1) is 9.11. The molecule has 0 spiro atoms. The number of aromatic nitrogens is 6. The summed E-state index contributed by atoms with van der Waals surface area (Å²) in [5.41, 5.74) is -1.15. The molecule has 0 bridgehead atoms. The van der Waals surface area contributed by atoms with Crippen molar-refractivity contribution in [3.8, 4) is 0 Å². The molecular formula is C10H13ClN6O2. The molecule has 102 valence electrons. The molecule has 0 unspecified atom stereocenters. The summed E-state index contributed by atoms with van der Waals surface area (Å²) in [4.78, 5) is 24.9. The van der Waals surface area contributed by atoms with E-state index in [2.05, 4.69) is 27.4 Å². The van der Waals surface area contributed by atoms with E-state index in [4.69, 9.17) is 11.6 Å². The molecule has 8 nitrogen and oxygen atoms in total. The number of hydrogen-bond acceptors (Lipinski definition) is 5. The van der Waals surface area contributed by atoms with Crippen molar-refractivity contribution in [2.45, 2.75) is 32.9 Å². The maximum absolute atomic E-state index is 11.6. The third-order valence-corrected chi connectivity index (χ3v) is 2.88. The number of nitrogens with zero attached hydrogens (tertiary/aromatic N) is 5. The van der Waals surface area contributed by atoms with E-state index in [9.17, 15) is 9.59 Å².